The number of ether oxygens (including phenoxy) is 1. The van der Waals surface area contributed by atoms with Gasteiger partial charge in [0, 0.05) is 0 Å². The highest BCUT2D eigenvalue weighted by Gasteiger charge is 2.20. The van der Waals surface area contributed by atoms with Gasteiger partial charge in [0.15, 0.2) is 0 Å². The Morgan fingerprint density at radius 2 is 1.62 bits per heavy atom. The van der Waals surface area contributed by atoms with E-state index in [0.29, 0.717) is 19.6 Å². The molecule has 0 saturated heterocycles. The van der Waals surface area contributed by atoms with Crippen molar-refractivity contribution in [1.29, 1.82) is 0 Å². The fourth-order valence-corrected chi connectivity index (χ4v) is 1.77. The van der Waals surface area contributed by atoms with Crippen LogP contribution in [0.1, 0.15) is 31.8 Å². The molecule has 0 spiro atoms. The zero-order valence-electron chi connectivity index (χ0n) is 8.40. The van der Waals surface area contributed by atoms with Crippen LogP contribution in [0.4, 0.5) is 0 Å². The molecule has 0 aliphatic carbocycles. The zero-order valence-corrected chi connectivity index (χ0v) is 8.40. The molecule has 84 valence electrons. The molecular weight excluding hydrogens is 212 g/mol. The summed E-state index contributed by atoms with van der Waals surface area (Å²) in [5.74, 6) is -2.45. The summed E-state index contributed by atoms with van der Waals surface area (Å²) in [7, 11) is 0. The Morgan fingerprint density at radius 1 is 1.06 bits per heavy atom. The molecule has 1 aromatic carbocycles. The van der Waals surface area contributed by atoms with E-state index in [2.05, 4.69) is 0 Å². The number of hydrogen-bond acceptors (Lipinski definition) is 3. The van der Waals surface area contributed by atoms with Gasteiger partial charge in [-0.25, -0.2) is 9.59 Å². The number of carboxylic acids is 2. The first-order chi connectivity index (χ1) is 7.59. The Morgan fingerprint density at radius 3 is 2.19 bits per heavy atom. The van der Waals surface area contributed by atoms with Gasteiger partial charge in [-0.3, -0.25) is 0 Å². The van der Waals surface area contributed by atoms with Gasteiger partial charge in [0.2, 0.25) is 0 Å². The first-order valence-electron chi connectivity index (χ1n) is 4.79. The lowest BCUT2D eigenvalue weighted by Gasteiger charge is -2.17. The maximum absolute atomic E-state index is 10.9. The molecule has 0 atom stereocenters. The molecule has 0 bridgehead atoms. The molecule has 16 heavy (non-hydrogen) atoms. The Labute approximate surface area is 91.3 Å². The molecule has 0 aromatic heterocycles. The number of hydrogen-bond donors (Lipinski definition) is 2. The van der Waals surface area contributed by atoms with Gasteiger partial charge < -0.3 is 14.9 Å². The van der Waals surface area contributed by atoms with Gasteiger partial charge in [0.25, 0.3) is 0 Å². The highest BCUT2D eigenvalue weighted by Crippen LogP contribution is 2.22. The molecular formula is C11H10O5. The Bertz CT molecular complexity index is 421. The minimum absolute atomic E-state index is 0.159. The van der Waals surface area contributed by atoms with Crippen LogP contribution in [0.15, 0.2) is 12.1 Å². The standard InChI is InChI=1S/C11H10O5/c12-10(13)8-3-6-1-2-16-5-7(6)4-9(8)11(14)15/h3-4H,1-2,5H2,(H,12,13)(H,14,15). The van der Waals surface area contributed by atoms with Crippen LogP contribution in [-0.2, 0) is 17.8 Å². The topological polar surface area (TPSA) is 83.8 Å². The van der Waals surface area contributed by atoms with Crippen LogP contribution in [0.3, 0.4) is 0 Å². The summed E-state index contributed by atoms with van der Waals surface area (Å²) in [5, 5.41) is 17.8. The average molecular weight is 222 g/mol. The molecule has 0 fully saturated rings. The third-order valence-electron chi connectivity index (χ3n) is 2.57. The van der Waals surface area contributed by atoms with Crippen LogP contribution >= 0.6 is 0 Å². The van der Waals surface area contributed by atoms with Gasteiger partial charge in [-0.05, 0) is 29.7 Å². The smallest absolute Gasteiger partial charge is 0.336 e. The molecule has 1 heterocycles. The Balaban J connectivity index is 2.59. The predicted octanol–water partition coefficient (Wildman–Crippen LogP) is 1.16. The Kier molecular flexibility index (Phi) is 2.62. The van der Waals surface area contributed by atoms with Crippen molar-refractivity contribution in [2.45, 2.75) is 13.0 Å². The largest absolute Gasteiger partial charge is 0.478 e. The molecule has 2 rings (SSSR count). The van der Waals surface area contributed by atoms with Crippen LogP contribution in [0.5, 0.6) is 0 Å². The summed E-state index contributed by atoms with van der Waals surface area (Å²) in [6.45, 7) is 0.883. The molecule has 1 aliphatic rings. The number of rotatable bonds is 2. The summed E-state index contributed by atoms with van der Waals surface area (Å²) in [4.78, 5) is 21.8. The molecule has 0 radical (unpaired) electrons. The van der Waals surface area contributed by atoms with Gasteiger partial charge in [-0.1, -0.05) is 0 Å². The maximum Gasteiger partial charge on any atom is 0.336 e. The van der Waals surface area contributed by atoms with Crippen molar-refractivity contribution >= 4 is 11.9 Å². The molecule has 0 saturated carbocycles. The normalized spacial score (nSPS) is 14.2. The van der Waals surface area contributed by atoms with Crippen LogP contribution in [0, 0.1) is 0 Å². The van der Waals surface area contributed by atoms with Crippen molar-refractivity contribution in [2.75, 3.05) is 6.61 Å². The maximum atomic E-state index is 10.9. The molecule has 0 unspecified atom stereocenters. The van der Waals surface area contributed by atoms with E-state index >= 15 is 0 Å². The van der Waals surface area contributed by atoms with E-state index in [0.717, 1.165) is 11.1 Å². The van der Waals surface area contributed by atoms with E-state index < -0.39 is 11.9 Å². The highest BCUT2D eigenvalue weighted by atomic mass is 16.5. The van der Waals surface area contributed by atoms with Crippen LogP contribution in [-0.4, -0.2) is 28.8 Å². The number of benzene rings is 1. The number of carboxylic acid groups (broad SMARTS) is 2. The SMILES string of the molecule is O=C(O)c1cc2c(cc1C(=O)O)COCC2. The quantitative estimate of drug-likeness (QED) is 0.784. The molecule has 0 amide bonds. The third kappa shape index (κ3) is 1.77. The van der Waals surface area contributed by atoms with Crippen molar-refractivity contribution in [3.63, 3.8) is 0 Å². The number of fused-ring (bicyclic) bond motifs is 1. The molecule has 5 heteroatoms. The van der Waals surface area contributed by atoms with E-state index in [1.807, 2.05) is 0 Å². The van der Waals surface area contributed by atoms with E-state index in [1.165, 1.54) is 12.1 Å². The fraction of sp³-hybridized carbons (Fsp3) is 0.273. The monoisotopic (exact) mass is 222 g/mol. The van der Waals surface area contributed by atoms with Crippen molar-refractivity contribution in [3.05, 3.63) is 34.4 Å². The Hall–Kier alpha value is -1.88. The van der Waals surface area contributed by atoms with Gasteiger partial charge in [-0.2, -0.15) is 0 Å². The summed E-state index contributed by atoms with van der Waals surface area (Å²) in [6.07, 6.45) is 0.621. The second-order valence-electron chi connectivity index (χ2n) is 3.58. The number of aromatic carboxylic acids is 2. The van der Waals surface area contributed by atoms with Crippen molar-refractivity contribution < 1.29 is 24.5 Å². The van der Waals surface area contributed by atoms with E-state index in [1.54, 1.807) is 0 Å². The summed E-state index contributed by atoms with van der Waals surface area (Å²) in [5.41, 5.74) is 1.27. The third-order valence-corrected chi connectivity index (χ3v) is 2.57. The summed E-state index contributed by atoms with van der Waals surface area (Å²) < 4.78 is 5.19. The zero-order chi connectivity index (χ0) is 11.7. The van der Waals surface area contributed by atoms with E-state index in [4.69, 9.17) is 14.9 Å². The van der Waals surface area contributed by atoms with Gasteiger partial charge in [0.05, 0.1) is 24.3 Å². The summed E-state index contributed by atoms with van der Waals surface area (Å²) >= 11 is 0. The fourth-order valence-electron chi connectivity index (χ4n) is 1.77. The summed E-state index contributed by atoms with van der Waals surface area (Å²) in [6, 6.07) is 2.82. The number of carbonyl (C=O) groups is 2. The van der Waals surface area contributed by atoms with E-state index in [9.17, 15) is 9.59 Å². The van der Waals surface area contributed by atoms with E-state index in [-0.39, 0.29) is 11.1 Å². The van der Waals surface area contributed by atoms with Gasteiger partial charge >= 0.3 is 11.9 Å². The van der Waals surface area contributed by atoms with Gasteiger partial charge in [0.1, 0.15) is 0 Å². The van der Waals surface area contributed by atoms with Crippen molar-refractivity contribution in [2.24, 2.45) is 0 Å². The van der Waals surface area contributed by atoms with Crippen LogP contribution in [0.25, 0.3) is 0 Å². The van der Waals surface area contributed by atoms with Crippen molar-refractivity contribution in [1.82, 2.24) is 0 Å². The molecule has 2 N–H and O–H groups in total. The molecule has 1 aliphatic heterocycles. The van der Waals surface area contributed by atoms with Crippen LogP contribution < -0.4 is 0 Å². The molecule has 1 aromatic rings. The lowest BCUT2D eigenvalue weighted by molar-refractivity contribution is 0.0649. The van der Waals surface area contributed by atoms with Crippen LogP contribution in [0.2, 0.25) is 0 Å². The lowest BCUT2D eigenvalue weighted by Crippen LogP contribution is -2.15. The second-order valence-corrected chi connectivity index (χ2v) is 3.58. The second kappa shape index (κ2) is 3.94. The molecule has 5 nitrogen and oxygen atoms in total. The highest BCUT2D eigenvalue weighted by molar-refractivity contribution is 6.02. The minimum atomic E-state index is -1.23. The first-order valence-corrected chi connectivity index (χ1v) is 4.79. The predicted molar refractivity (Wildman–Crippen MR) is 53.7 cm³/mol. The van der Waals surface area contributed by atoms with Crippen molar-refractivity contribution in [3.8, 4) is 0 Å². The first kappa shape index (κ1) is 10.6. The van der Waals surface area contributed by atoms with Gasteiger partial charge in [-0.15, -0.1) is 0 Å². The minimum Gasteiger partial charge on any atom is -0.478 e. The lowest BCUT2D eigenvalue weighted by atomic mass is 9.96. The average Bonchev–Trinajstić information content (AvgIpc) is 2.27.